The fraction of sp³-hybridized carbons (Fsp3) is 0.205. The lowest BCUT2D eigenvalue weighted by atomic mass is 9.88. The number of rotatable bonds is 7. The molecule has 0 saturated heterocycles. The Morgan fingerprint density at radius 1 is 0.537 bits per heavy atom. The summed E-state index contributed by atoms with van der Waals surface area (Å²) in [5.74, 6) is -15.7. The second kappa shape index (κ2) is 29.6. The Balaban J connectivity index is 0.973. The van der Waals surface area contributed by atoms with Gasteiger partial charge in [-0.2, -0.15) is 0 Å². The maximum Gasteiger partial charge on any atom is 0.408 e. The third-order valence-corrected chi connectivity index (χ3v) is 18.9. The van der Waals surface area contributed by atoms with Gasteiger partial charge in [-0.05, 0) is 157 Å². The Labute approximate surface area is 624 Å². The Morgan fingerprint density at radius 2 is 1.13 bits per heavy atom. The van der Waals surface area contributed by atoms with Crippen molar-refractivity contribution in [2.24, 2.45) is 0 Å². The zero-order valence-electron chi connectivity index (χ0n) is 57.5. The highest BCUT2D eigenvalue weighted by atomic mass is 35.5. The van der Waals surface area contributed by atoms with Crippen LogP contribution in [-0.2, 0) is 57.8 Å². The summed E-state index contributed by atoms with van der Waals surface area (Å²) in [6.07, 6.45) is -3.72. The number of alkyl carbamates (subject to hydrolysis) is 1. The van der Waals surface area contributed by atoms with E-state index < -0.39 is 171 Å². The van der Waals surface area contributed by atoms with E-state index in [4.69, 9.17) is 42.1 Å². The summed E-state index contributed by atoms with van der Waals surface area (Å²) in [6.45, 7) is 4.71. The van der Waals surface area contributed by atoms with Crippen molar-refractivity contribution in [2.75, 3.05) is 7.05 Å². The molecule has 15 N–H and O–H groups in total. The van der Waals surface area contributed by atoms with Crippen molar-refractivity contribution < 1.29 is 98.2 Å². The van der Waals surface area contributed by atoms with Crippen LogP contribution in [0, 0.1) is 0 Å². The number of benzene rings is 9. The Bertz CT molecular complexity index is 5180. The van der Waals surface area contributed by atoms with Crippen molar-refractivity contribution in [3.8, 4) is 91.2 Å². The van der Waals surface area contributed by atoms with Gasteiger partial charge in [0.25, 0.3) is 0 Å². The van der Waals surface area contributed by atoms with E-state index in [1.807, 2.05) is 54.6 Å². The summed E-state index contributed by atoms with van der Waals surface area (Å²) >= 11 is 13.9. The molecule has 0 radical (unpaired) electrons. The van der Waals surface area contributed by atoms with E-state index in [-0.39, 0.29) is 85.1 Å². The molecule has 6 heterocycles. The first-order valence-electron chi connectivity index (χ1n) is 33.5. The highest BCUT2D eigenvalue weighted by Crippen LogP contribution is 2.50. The summed E-state index contributed by atoms with van der Waals surface area (Å²) in [5.41, 5.74) is -0.981. The predicted octanol–water partition coefficient (Wildman–Crippen LogP) is 9.85. The first-order valence-corrected chi connectivity index (χ1v) is 34.3. The number of halogens is 2. The molecule has 8 atom stereocenters. The minimum absolute atomic E-state index is 0.0131. The lowest BCUT2D eigenvalue weighted by Crippen LogP contribution is -2.55. The lowest BCUT2D eigenvalue weighted by molar-refractivity contribution is -0.143. The third-order valence-electron chi connectivity index (χ3n) is 18.3. The van der Waals surface area contributed by atoms with Gasteiger partial charge in [0.15, 0.2) is 29.0 Å². The number of aromatic hydroxyl groups is 6. The zero-order valence-corrected chi connectivity index (χ0v) is 59.0. The van der Waals surface area contributed by atoms with E-state index in [0.717, 1.165) is 77.4 Å². The Hall–Kier alpha value is -12.8. The molecule has 7 amide bonds. The molecule has 0 aliphatic carbocycles. The molecule has 0 aromatic heterocycles. The molecule has 6 aliphatic heterocycles. The standard InChI is InChI=1S/C78H68Cl2N8O20/c1-78(2,3)108-77(104)87-62-40-16-19-53(91)57(28-40)105-45-25-42(24-44(89)31-45)63-73(99)84-64-43-29-58(106-55-20-12-36(22-49(55)79)23-51(70(96)82-63)81-71(62)97)69(95)59(30-43)107-56-21-17-41(27-50(56)80)67(93)66-75(101)85-65(76(102)103)47-32-54(92)48(34-88(4)33-35-10-13-38(14-11-35)37-8-6-5-7-9-37)68(94)60(47)46-26-39(15-18-52(46)90)61(72(98)86-66)83-74(64)100/h5-22,24-32,51,61-67,89-95H,23,33-34H2,1-4H3,(H,81,97)(H,82,96)(H,83,100)(H,84,99)(H,85,101)(H,86,98)(H,87,104)(H,102,103)/t51-,61-,62-,63-,64-,65-,66-,67?/m0/s1. The number of carboxylic acid groups (broad SMARTS) is 1. The molecule has 0 fully saturated rings. The molecular formula is C78H68Cl2N8O20. The maximum atomic E-state index is 16.2. The number of hydrogen-bond acceptors (Lipinski definition) is 20. The van der Waals surface area contributed by atoms with Gasteiger partial charge in [0.05, 0.1) is 15.6 Å². The molecule has 9 aromatic rings. The summed E-state index contributed by atoms with van der Waals surface area (Å²) in [4.78, 5) is 122. The number of ether oxygens (including phenoxy) is 4. The topological polar surface area (TPSA) is 423 Å². The minimum atomic E-state index is -2.26. The van der Waals surface area contributed by atoms with Gasteiger partial charge < -0.3 is 97.0 Å². The molecular weight excluding hydrogens is 1440 g/mol. The normalized spacial score (nSPS) is 19.9. The second-order valence-electron chi connectivity index (χ2n) is 27.2. The Morgan fingerprint density at radius 3 is 1.79 bits per heavy atom. The molecule has 28 nitrogen and oxygen atoms in total. The smallest absolute Gasteiger partial charge is 0.408 e. The Kier molecular flexibility index (Phi) is 20.2. The van der Waals surface area contributed by atoms with Crippen LogP contribution in [0.5, 0.6) is 69.0 Å². The maximum absolute atomic E-state index is 16.2. The van der Waals surface area contributed by atoms with Crippen LogP contribution in [0.15, 0.2) is 164 Å². The summed E-state index contributed by atoms with van der Waals surface area (Å²) in [5, 5.41) is 112. The van der Waals surface area contributed by atoms with Gasteiger partial charge in [0.1, 0.15) is 88.2 Å². The molecule has 554 valence electrons. The number of nitrogens with zero attached hydrogens (tertiary/aromatic N) is 1. The number of aliphatic hydroxyl groups excluding tert-OH is 1. The van der Waals surface area contributed by atoms with E-state index in [1.54, 1.807) is 32.7 Å². The van der Waals surface area contributed by atoms with E-state index >= 15 is 24.0 Å². The van der Waals surface area contributed by atoms with Gasteiger partial charge in [0, 0.05) is 42.3 Å². The molecule has 9 aromatic carbocycles. The molecule has 6 aliphatic rings. The number of aliphatic carboxylic acids is 1. The summed E-state index contributed by atoms with van der Waals surface area (Å²) in [7, 11) is 1.67. The van der Waals surface area contributed by atoms with Crippen LogP contribution < -0.4 is 51.4 Å². The molecule has 17 bridgehead atoms. The van der Waals surface area contributed by atoms with Crippen LogP contribution in [0.4, 0.5) is 4.79 Å². The average Bonchev–Trinajstić information content (AvgIpc) is 0.754. The third kappa shape index (κ3) is 15.5. The van der Waals surface area contributed by atoms with Crippen LogP contribution in [-0.4, -0.2) is 118 Å². The predicted molar refractivity (Wildman–Crippen MR) is 387 cm³/mol. The number of phenols is 6. The molecule has 30 heteroatoms. The largest absolute Gasteiger partial charge is 0.508 e. The number of carbonyl (C=O) groups is 8. The summed E-state index contributed by atoms with van der Waals surface area (Å²) < 4.78 is 24.3. The second-order valence-corrected chi connectivity index (χ2v) is 28.0. The number of amides is 7. The van der Waals surface area contributed by atoms with Crippen LogP contribution in [0.3, 0.4) is 0 Å². The quantitative estimate of drug-likeness (QED) is 0.0705. The van der Waals surface area contributed by atoms with Crippen molar-refractivity contribution in [2.45, 2.75) is 94.3 Å². The zero-order chi connectivity index (χ0) is 76.9. The highest BCUT2D eigenvalue weighted by Gasteiger charge is 2.42. The van der Waals surface area contributed by atoms with E-state index in [1.165, 1.54) is 48.5 Å². The number of aliphatic hydroxyl groups is 1. The van der Waals surface area contributed by atoms with Gasteiger partial charge in [0.2, 0.25) is 41.2 Å². The fourth-order valence-electron chi connectivity index (χ4n) is 13.1. The average molecular weight is 1510 g/mol. The minimum Gasteiger partial charge on any atom is -0.508 e. The first-order chi connectivity index (χ1) is 51.4. The lowest BCUT2D eigenvalue weighted by Gasteiger charge is -2.31. The first kappa shape index (κ1) is 73.5. The number of fused-ring (bicyclic) bond motifs is 14. The number of hydrogen-bond donors (Lipinski definition) is 15. The number of nitrogens with one attached hydrogen (secondary N) is 7. The van der Waals surface area contributed by atoms with Crippen LogP contribution in [0.2, 0.25) is 10.0 Å². The van der Waals surface area contributed by atoms with Gasteiger partial charge in [-0.25, -0.2) is 9.59 Å². The van der Waals surface area contributed by atoms with E-state index in [2.05, 4.69) is 37.2 Å². The van der Waals surface area contributed by atoms with Gasteiger partial charge in [-0.15, -0.1) is 0 Å². The summed E-state index contributed by atoms with van der Waals surface area (Å²) in [6, 6.07) is 23.7. The van der Waals surface area contributed by atoms with E-state index in [0.29, 0.717) is 0 Å². The molecule has 1 unspecified atom stereocenters. The monoisotopic (exact) mass is 1510 g/mol. The van der Waals surface area contributed by atoms with Crippen molar-refractivity contribution in [1.29, 1.82) is 0 Å². The molecule has 0 saturated carbocycles. The number of carbonyl (C=O) groups excluding carboxylic acids is 7. The van der Waals surface area contributed by atoms with Crippen molar-refractivity contribution in [3.63, 3.8) is 0 Å². The SMILES string of the molecule is CN(Cc1ccc(-c2ccccc2)cc1)Cc1c(O)cc2c(c1O)-c1cc(ccc1O)[C@@H]1NC(=O)[C@H]3NC(=O)[C@H]4NC(=O)[C@H](Cc5ccc(c(Cl)c5)Oc5cc3cc(c5O)Oc3ccc(cc3Cl)C(O)[C@H](NC1=O)C(=O)N[C@@H]2C(=O)O)NC(=O)[C@@H](NC(=O)OC(C)(C)C)c1ccc(O)c(c1)Oc1cc(O)cc4c1. The van der Waals surface area contributed by atoms with Gasteiger partial charge in [-0.1, -0.05) is 102 Å². The fourth-order valence-corrected chi connectivity index (χ4v) is 13.5. The van der Waals surface area contributed by atoms with Gasteiger partial charge in [-0.3, -0.25) is 33.7 Å². The molecule has 108 heavy (non-hydrogen) atoms. The van der Waals surface area contributed by atoms with Gasteiger partial charge >= 0.3 is 12.1 Å². The molecule has 0 spiro atoms. The van der Waals surface area contributed by atoms with E-state index in [9.17, 15) is 55.2 Å². The number of carboxylic acids is 1. The highest BCUT2D eigenvalue weighted by molar-refractivity contribution is 6.32. The van der Waals surface area contributed by atoms with Crippen molar-refractivity contribution >= 4 is 70.7 Å². The molecule has 15 rings (SSSR count). The van der Waals surface area contributed by atoms with Crippen LogP contribution >= 0.6 is 23.2 Å². The number of phenolic OH excluding ortho intramolecular Hbond substituents is 6. The van der Waals surface area contributed by atoms with Crippen molar-refractivity contribution in [3.05, 3.63) is 224 Å². The van der Waals surface area contributed by atoms with Crippen LogP contribution in [0.25, 0.3) is 22.3 Å². The van der Waals surface area contributed by atoms with Crippen molar-refractivity contribution in [1.82, 2.24) is 42.1 Å². The van der Waals surface area contributed by atoms with Crippen LogP contribution in [0.1, 0.15) is 107 Å².